The molecule has 3 aromatic rings. The molecule has 0 radical (unpaired) electrons. The zero-order valence-electron chi connectivity index (χ0n) is 15.0. The lowest BCUT2D eigenvalue weighted by Gasteiger charge is -2.19. The first-order valence-corrected chi connectivity index (χ1v) is 8.55. The van der Waals surface area contributed by atoms with Crippen molar-refractivity contribution < 1.29 is 9.84 Å². The van der Waals surface area contributed by atoms with Gasteiger partial charge in [0.05, 0.1) is 0 Å². The minimum atomic E-state index is 0.153. The van der Waals surface area contributed by atoms with Crippen LogP contribution in [0.4, 0.5) is 0 Å². The Balaban J connectivity index is 1.78. The molecule has 3 rings (SSSR count). The van der Waals surface area contributed by atoms with Gasteiger partial charge in [-0.3, -0.25) is 0 Å². The molecule has 3 aromatic carbocycles. The van der Waals surface area contributed by atoms with Crippen molar-refractivity contribution in [1.29, 1.82) is 0 Å². The van der Waals surface area contributed by atoms with Crippen LogP contribution >= 0.6 is 0 Å². The summed E-state index contributed by atoms with van der Waals surface area (Å²) in [6.45, 7) is 6.64. The molecule has 0 atom stereocenters. The molecule has 0 saturated carbocycles. The molecular weight excluding hydrogens is 308 g/mol. The maximum absolute atomic E-state index is 10.0. The molecule has 128 valence electrons. The quantitative estimate of drug-likeness (QED) is 0.628. The topological polar surface area (TPSA) is 29.5 Å². The van der Waals surface area contributed by atoms with Gasteiger partial charge in [0, 0.05) is 6.07 Å². The molecule has 0 amide bonds. The van der Waals surface area contributed by atoms with Gasteiger partial charge in [-0.1, -0.05) is 63.2 Å². The maximum Gasteiger partial charge on any atom is 0.131 e. The highest BCUT2D eigenvalue weighted by molar-refractivity contribution is 5.42. The van der Waals surface area contributed by atoms with Gasteiger partial charge in [0.1, 0.15) is 17.2 Å². The lowest BCUT2D eigenvalue weighted by atomic mass is 9.86. The Morgan fingerprint density at radius 3 is 2.08 bits per heavy atom. The Hall–Kier alpha value is -2.74. The van der Waals surface area contributed by atoms with Gasteiger partial charge in [0.2, 0.25) is 0 Å². The molecule has 0 aromatic heterocycles. The summed E-state index contributed by atoms with van der Waals surface area (Å²) >= 11 is 0. The van der Waals surface area contributed by atoms with Crippen LogP contribution < -0.4 is 4.74 Å². The highest BCUT2D eigenvalue weighted by Crippen LogP contribution is 2.28. The van der Waals surface area contributed by atoms with Crippen LogP contribution in [-0.2, 0) is 11.8 Å². The van der Waals surface area contributed by atoms with E-state index in [0.29, 0.717) is 5.75 Å². The Labute approximate surface area is 149 Å². The van der Waals surface area contributed by atoms with Gasteiger partial charge in [-0.25, -0.2) is 0 Å². The number of para-hydroxylation sites is 1. The van der Waals surface area contributed by atoms with Crippen molar-refractivity contribution in [2.75, 3.05) is 0 Å². The normalized spacial score (nSPS) is 11.3. The summed E-state index contributed by atoms with van der Waals surface area (Å²) in [4.78, 5) is 0. The van der Waals surface area contributed by atoms with Crippen LogP contribution in [0.5, 0.6) is 17.2 Å². The molecule has 0 bridgehead atoms. The van der Waals surface area contributed by atoms with Crippen molar-refractivity contribution in [3.63, 3.8) is 0 Å². The molecular formula is C23H24O2. The zero-order chi connectivity index (χ0) is 17.9. The van der Waals surface area contributed by atoms with Gasteiger partial charge in [-0.05, 0) is 52.8 Å². The van der Waals surface area contributed by atoms with E-state index in [1.165, 1.54) is 11.1 Å². The number of aromatic hydroxyl groups is 1. The predicted molar refractivity (Wildman–Crippen MR) is 103 cm³/mol. The fourth-order valence-electron chi connectivity index (χ4n) is 2.79. The van der Waals surface area contributed by atoms with Gasteiger partial charge >= 0.3 is 0 Å². The Morgan fingerprint density at radius 1 is 0.760 bits per heavy atom. The maximum atomic E-state index is 10.0. The first-order valence-electron chi connectivity index (χ1n) is 8.55. The van der Waals surface area contributed by atoms with Gasteiger partial charge in [0.25, 0.3) is 0 Å². The van der Waals surface area contributed by atoms with Crippen LogP contribution in [0.15, 0.2) is 72.8 Å². The third-order valence-corrected chi connectivity index (χ3v) is 4.16. The fourth-order valence-corrected chi connectivity index (χ4v) is 2.79. The second-order valence-electron chi connectivity index (χ2n) is 7.37. The average Bonchev–Trinajstić information content (AvgIpc) is 2.55. The highest BCUT2D eigenvalue weighted by Gasteiger charge is 2.13. The van der Waals surface area contributed by atoms with Crippen LogP contribution in [0.2, 0.25) is 0 Å². The number of hydrogen-bond donors (Lipinski definition) is 1. The number of rotatable bonds is 4. The van der Waals surface area contributed by atoms with Crippen molar-refractivity contribution in [3.8, 4) is 17.2 Å². The molecule has 0 aliphatic carbocycles. The van der Waals surface area contributed by atoms with E-state index in [2.05, 4.69) is 45.0 Å². The smallest absolute Gasteiger partial charge is 0.131 e. The van der Waals surface area contributed by atoms with E-state index in [1.54, 1.807) is 12.1 Å². The molecule has 0 aliphatic heterocycles. The first-order chi connectivity index (χ1) is 11.9. The number of phenols is 1. The van der Waals surface area contributed by atoms with Gasteiger partial charge in [0.15, 0.2) is 0 Å². The molecule has 0 saturated heterocycles. The Bertz CT molecular complexity index is 828. The van der Waals surface area contributed by atoms with Crippen molar-refractivity contribution in [2.24, 2.45) is 0 Å². The summed E-state index contributed by atoms with van der Waals surface area (Å²) in [5.74, 6) is 1.62. The van der Waals surface area contributed by atoms with Crippen molar-refractivity contribution in [3.05, 3.63) is 89.5 Å². The van der Waals surface area contributed by atoms with Crippen molar-refractivity contribution in [1.82, 2.24) is 0 Å². The summed E-state index contributed by atoms with van der Waals surface area (Å²) in [5.41, 5.74) is 3.71. The monoisotopic (exact) mass is 332 g/mol. The second kappa shape index (κ2) is 7.02. The largest absolute Gasteiger partial charge is 0.508 e. The van der Waals surface area contributed by atoms with Gasteiger partial charge in [-0.15, -0.1) is 0 Å². The zero-order valence-corrected chi connectivity index (χ0v) is 15.0. The summed E-state index contributed by atoms with van der Waals surface area (Å²) in [5, 5.41) is 10.0. The first kappa shape index (κ1) is 17.1. The summed E-state index contributed by atoms with van der Waals surface area (Å²) in [6, 6.07) is 23.7. The lowest BCUT2D eigenvalue weighted by molar-refractivity contribution is 0.454. The van der Waals surface area contributed by atoms with Gasteiger partial charge in [-0.2, -0.15) is 0 Å². The number of ether oxygens (including phenoxy) is 1. The molecule has 1 N–H and O–H groups in total. The van der Waals surface area contributed by atoms with E-state index in [1.807, 2.05) is 36.4 Å². The van der Waals surface area contributed by atoms with Crippen molar-refractivity contribution >= 4 is 0 Å². The average molecular weight is 332 g/mol. The second-order valence-corrected chi connectivity index (χ2v) is 7.37. The van der Waals surface area contributed by atoms with Crippen molar-refractivity contribution in [2.45, 2.75) is 32.6 Å². The molecule has 0 aliphatic rings. The van der Waals surface area contributed by atoms with Crippen LogP contribution in [-0.4, -0.2) is 5.11 Å². The summed E-state index contributed by atoms with van der Waals surface area (Å²) in [7, 11) is 0. The van der Waals surface area contributed by atoms with E-state index >= 15 is 0 Å². The van der Waals surface area contributed by atoms with E-state index in [4.69, 9.17) is 4.74 Å². The number of phenolic OH excluding ortho intramolecular Hbond substituents is 1. The van der Waals surface area contributed by atoms with Crippen LogP contribution in [0, 0.1) is 0 Å². The molecule has 2 heteroatoms. The molecule has 0 heterocycles. The third-order valence-electron chi connectivity index (χ3n) is 4.16. The molecule has 0 spiro atoms. The Morgan fingerprint density at radius 2 is 1.44 bits per heavy atom. The summed E-state index contributed by atoms with van der Waals surface area (Å²) < 4.78 is 5.84. The molecule has 0 unspecified atom stereocenters. The standard InChI is InChI=1S/C23H24O2/c1-23(2,3)19-11-9-17(10-12-19)13-18-14-20(24)16-22(15-18)25-21-7-5-4-6-8-21/h4-12,14-16,24H,13H2,1-3H3. The van der Waals surface area contributed by atoms with Crippen LogP contribution in [0.1, 0.15) is 37.5 Å². The SMILES string of the molecule is CC(C)(C)c1ccc(Cc2cc(O)cc(Oc3ccccc3)c2)cc1. The van der Waals surface area contributed by atoms with E-state index in [0.717, 1.165) is 17.7 Å². The van der Waals surface area contributed by atoms with Crippen LogP contribution in [0.3, 0.4) is 0 Å². The minimum absolute atomic E-state index is 0.153. The number of hydrogen-bond acceptors (Lipinski definition) is 2. The molecule has 0 fully saturated rings. The lowest BCUT2D eigenvalue weighted by Crippen LogP contribution is -2.10. The van der Waals surface area contributed by atoms with Crippen LogP contribution in [0.25, 0.3) is 0 Å². The minimum Gasteiger partial charge on any atom is -0.508 e. The van der Waals surface area contributed by atoms with E-state index < -0.39 is 0 Å². The van der Waals surface area contributed by atoms with Gasteiger partial charge < -0.3 is 9.84 Å². The fraction of sp³-hybridized carbons (Fsp3) is 0.217. The van der Waals surface area contributed by atoms with E-state index in [-0.39, 0.29) is 11.2 Å². The van der Waals surface area contributed by atoms with E-state index in [9.17, 15) is 5.11 Å². The third kappa shape index (κ3) is 4.63. The predicted octanol–water partition coefficient (Wildman–Crippen LogP) is 6.07. The molecule has 25 heavy (non-hydrogen) atoms. The molecule has 2 nitrogen and oxygen atoms in total. The number of benzene rings is 3. The highest BCUT2D eigenvalue weighted by atomic mass is 16.5. The Kier molecular flexibility index (Phi) is 4.80. The summed E-state index contributed by atoms with van der Waals surface area (Å²) in [6.07, 6.45) is 0.754.